The molecule has 1 aromatic carbocycles. The van der Waals surface area contributed by atoms with Crippen molar-refractivity contribution in [3.63, 3.8) is 0 Å². The number of benzene rings is 1. The van der Waals surface area contributed by atoms with Crippen LogP contribution in [-0.2, 0) is 9.47 Å². The molecule has 0 bridgehead atoms. The maximum atomic E-state index is 5.92. The molecule has 0 aromatic heterocycles. The number of para-hydroxylation sites is 1. The van der Waals surface area contributed by atoms with Crippen molar-refractivity contribution >= 4 is 0 Å². The Morgan fingerprint density at radius 2 is 1.95 bits per heavy atom. The zero-order valence-corrected chi connectivity index (χ0v) is 12.9. The van der Waals surface area contributed by atoms with Crippen molar-refractivity contribution in [2.75, 3.05) is 40.5 Å². The van der Waals surface area contributed by atoms with Crippen LogP contribution >= 0.6 is 0 Å². The summed E-state index contributed by atoms with van der Waals surface area (Å²) in [5.74, 6) is 0.861. The van der Waals surface area contributed by atoms with Crippen LogP contribution in [0.4, 0.5) is 0 Å². The molecule has 1 atom stereocenters. The van der Waals surface area contributed by atoms with E-state index in [1.807, 2.05) is 31.3 Å². The van der Waals surface area contributed by atoms with E-state index in [-0.39, 0.29) is 6.10 Å². The first-order valence-electron chi connectivity index (χ1n) is 7.30. The lowest BCUT2D eigenvalue weighted by molar-refractivity contribution is 0.00345. The van der Waals surface area contributed by atoms with Gasteiger partial charge in [0.15, 0.2) is 0 Å². The van der Waals surface area contributed by atoms with Gasteiger partial charge in [-0.05, 0) is 19.5 Å². The van der Waals surface area contributed by atoms with Crippen molar-refractivity contribution < 1.29 is 14.2 Å². The van der Waals surface area contributed by atoms with Crippen LogP contribution in [0.25, 0.3) is 0 Å². The smallest absolute Gasteiger partial charge is 0.124 e. The van der Waals surface area contributed by atoms with Gasteiger partial charge in [0, 0.05) is 18.7 Å². The molecule has 4 heteroatoms. The normalized spacial score (nSPS) is 12.3. The summed E-state index contributed by atoms with van der Waals surface area (Å²) < 4.78 is 16.8. The fourth-order valence-electron chi connectivity index (χ4n) is 1.97. The van der Waals surface area contributed by atoms with Crippen molar-refractivity contribution in [1.29, 1.82) is 0 Å². The summed E-state index contributed by atoms with van der Waals surface area (Å²) in [6.07, 6.45) is 2.24. The number of likely N-dealkylation sites (N-methyl/N-ethyl adjacent to an activating group) is 1. The van der Waals surface area contributed by atoms with Gasteiger partial charge in [0.25, 0.3) is 0 Å². The molecule has 0 radical (unpaired) electrons. The Labute approximate surface area is 122 Å². The van der Waals surface area contributed by atoms with Crippen molar-refractivity contribution in [2.45, 2.75) is 25.9 Å². The highest BCUT2D eigenvalue weighted by atomic mass is 16.5. The largest absolute Gasteiger partial charge is 0.496 e. The van der Waals surface area contributed by atoms with Gasteiger partial charge in [-0.3, -0.25) is 0 Å². The van der Waals surface area contributed by atoms with Gasteiger partial charge in [0.1, 0.15) is 5.75 Å². The SMILES string of the molecule is CCCCOCCOC(CNC)c1ccccc1OC. The molecule has 1 aromatic rings. The van der Waals surface area contributed by atoms with Gasteiger partial charge < -0.3 is 19.5 Å². The van der Waals surface area contributed by atoms with E-state index in [2.05, 4.69) is 12.2 Å². The lowest BCUT2D eigenvalue weighted by Crippen LogP contribution is -2.22. The average Bonchev–Trinajstić information content (AvgIpc) is 2.49. The monoisotopic (exact) mass is 281 g/mol. The van der Waals surface area contributed by atoms with Gasteiger partial charge in [-0.15, -0.1) is 0 Å². The van der Waals surface area contributed by atoms with Crippen LogP contribution in [0.15, 0.2) is 24.3 Å². The third-order valence-corrected chi connectivity index (χ3v) is 3.06. The Morgan fingerprint density at radius 3 is 2.65 bits per heavy atom. The van der Waals surface area contributed by atoms with E-state index in [0.717, 1.165) is 37.3 Å². The van der Waals surface area contributed by atoms with E-state index in [0.29, 0.717) is 13.2 Å². The topological polar surface area (TPSA) is 39.7 Å². The molecule has 1 unspecified atom stereocenters. The van der Waals surface area contributed by atoms with Crippen molar-refractivity contribution in [3.05, 3.63) is 29.8 Å². The summed E-state index contributed by atoms with van der Waals surface area (Å²) >= 11 is 0. The van der Waals surface area contributed by atoms with Gasteiger partial charge in [-0.25, -0.2) is 0 Å². The van der Waals surface area contributed by atoms with Crippen LogP contribution in [0.1, 0.15) is 31.4 Å². The van der Waals surface area contributed by atoms with Crippen LogP contribution < -0.4 is 10.1 Å². The quantitative estimate of drug-likeness (QED) is 0.633. The van der Waals surface area contributed by atoms with Crippen LogP contribution in [0.5, 0.6) is 5.75 Å². The van der Waals surface area contributed by atoms with Crippen molar-refractivity contribution in [2.24, 2.45) is 0 Å². The Kier molecular flexibility index (Phi) is 9.04. The average molecular weight is 281 g/mol. The van der Waals surface area contributed by atoms with Crippen molar-refractivity contribution in [1.82, 2.24) is 5.32 Å². The van der Waals surface area contributed by atoms with Crippen LogP contribution in [-0.4, -0.2) is 40.5 Å². The number of methoxy groups -OCH3 is 1. The number of hydrogen-bond acceptors (Lipinski definition) is 4. The highest BCUT2D eigenvalue weighted by molar-refractivity contribution is 5.35. The fraction of sp³-hybridized carbons (Fsp3) is 0.625. The molecule has 0 aliphatic carbocycles. The maximum absolute atomic E-state index is 5.92. The lowest BCUT2D eigenvalue weighted by Gasteiger charge is -2.20. The van der Waals surface area contributed by atoms with E-state index in [9.17, 15) is 0 Å². The third-order valence-electron chi connectivity index (χ3n) is 3.06. The first-order valence-corrected chi connectivity index (χ1v) is 7.30. The Hall–Kier alpha value is -1.10. The molecule has 4 nitrogen and oxygen atoms in total. The number of rotatable bonds is 11. The first-order chi connectivity index (χ1) is 9.83. The summed E-state index contributed by atoms with van der Waals surface area (Å²) in [7, 11) is 3.60. The second kappa shape index (κ2) is 10.7. The number of hydrogen-bond donors (Lipinski definition) is 1. The zero-order chi connectivity index (χ0) is 14.6. The van der Waals surface area contributed by atoms with E-state index in [1.54, 1.807) is 7.11 Å². The van der Waals surface area contributed by atoms with Crippen LogP contribution in [0, 0.1) is 0 Å². The third kappa shape index (κ3) is 5.90. The van der Waals surface area contributed by atoms with E-state index >= 15 is 0 Å². The molecule has 0 aliphatic rings. The van der Waals surface area contributed by atoms with E-state index in [1.165, 1.54) is 0 Å². The van der Waals surface area contributed by atoms with Gasteiger partial charge in [-0.1, -0.05) is 31.5 Å². The van der Waals surface area contributed by atoms with Gasteiger partial charge >= 0.3 is 0 Å². The molecule has 1 rings (SSSR count). The van der Waals surface area contributed by atoms with Crippen LogP contribution in [0.2, 0.25) is 0 Å². The van der Waals surface area contributed by atoms with Crippen LogP contribution in [0.3, 0.4) is 0 Å². The molecule has 0 fully saturated rings. The molecule has 0 saturated carbocycles. The molecular weight excluding hydrogens is 254 g/mol. The van der Waals surface area contributed by atoms with Crippen molar-refractivity contribution in [3.8, 4) is 5.75 Å². The van der Waals surface area contributed by atoms with Gasteiger partial charge in [0.05, 0.1) is 26.4 Å². The first kappa shape index (κ1) is 17.0. The predicted molar refractivity (Wildman–Crippen MR) is 81.3 cm³/mol. The summed E-state index contributed by atoms with van der Waals surface area (Å²) in [5.41, 5.74) is 1.07. The molecule has 1 N–H and O–H groups in total. The molecular formula is C16H27NO3. The minimum Gasteiger partial charge on any atom is -0.496 e. The summed E-state index contributed by atoms with van der Waals surface area (Å²) in [6, 6.07) is 7.96. The lowest BCUT2D eigenvalue weighted by atomic mass is 10.1. The highest BCUT2D eigenvalue weighted by Crippen LogP contribution is 2.26. The molecule has 0 heterocycles. The summed E-state index contributed by atoms with van der Waals surface area (Å²) in [4.78, 5) is 0. The van der Waals surface area contributed by atoms with E-state index in [4.69, 9.17) is 14.2 Å². The summed E-state index contributed by atoms with van der Waals surface area (Å²) in [5, 5.41) is 3.16. The Morgan fingerprint density at radius 1 is 1.15 bits per heavy atom. The molecule has 0 aliphatic heterocycles. The van der Waals surface area contributed by atoms with E-state index < -0.39 is 0 Å². The number of unbranched alkanes of at least 4 members (excludes halogenated alkanes) is 1. The van der Waals surface area contributed by atoms with Gasteiger partial charge in [0.2, 0.25) is 0 Å². The molecule has 0 spiro atoms. The molecule has 114 valence electrons. The minimum atomic E-state index is -0.0223. The molecule has 0 amide bonds. The number of nitrogens with one attached hydrogen (secondary N) is 1. The fourth-order valence-corrected chi connectivity index (χ4v) is 1.97. The Bertz CT molecular complexity index is 357. The second-order valence-electron chi connectivity index (χ2n) is 4.62. The maximum Gasteiger partial charge on any atom is 0.124 e. The molecule has 20 heavy (non-hydrogen) atoms. The minimum absolute atomic E-state index is 0.0223. The predicted octanol–water partition coefficient (Wildman–Crippen LogP) is 2.79. The standard InChI is InChI=1S/C16H27NO3/c1-4-5-10-19-11-12-20-16(13-17-2)14-8-6-7-9-15(14)18-3/h6-9,16-17H,4-5,10-13H2,1-3H3. The number of ether oxygens (including phenoxy) is 3. The Balaban J connectivity index is 2.47. The van der Waals surface area contributed by atoms with Gasteiger partial charge in [-0.2, -0.15) is 0 Å². The summed E-state index contributed by atoms with van der Waals surface area (Å²) in [6.45, 7) is 4.94. The highest BCUT2D eigenvalue weighted by Gasteiger charge is 2.15. The molecule has 0 saturated heterocycles. The second-order valence-corrected chi connectivity index (χ2v) is 4.62. The zero-order valence-electron chi connectivity index (χ0n) is 12.9.